The van der Waals surface area contributed by atoms with Gasteiger partial charge in [-0.1, -0.05) is 42.8 Å². The number of hydrogen-bond donors (Lipinski definition) is 4. The lowest BCUT2D eigenvalue weighted by Crippen LogP contribution is -2.48. The van der Waals surface area contributed by atoms with Crippen molar-refractivity contribution < 1.29 is 32.5 Å². The summed E-state index contributed by atoms with van der Waals surface area (Å²) in [5.74, 6) is -1.20. The van der Waals surface area contributed by atoms with Gasteiger partial charge in [-0.05, 0) is 45.4 Å². The smallest absolute Gasteiger partial charge is 0.331 e. The molecule has 57 heavy (non-hydrogen) atoms. The van der Waals surface area contributed by atoms with E-state index in [9.17, 15) is 4.79 Å². The molecule has 0 amide bonds. The lowest BCUT2D eigenvalue weighted by Gasteiger charge is -2.26. The maximum Gasteiger partial charge on any atom is 0.331 e. The fourth-order valence-electron chi connectivity index (χ4n) is 5.83. The number of benzene rings is 2. The fraction of sp³-hybridized carbons (Fsp3) is 0.375. The Bertz CT molecular complexity index is 2120. The summed E-state index contributed by atoms with van der Waals surface area (Å²) < 4.78 is 54.1. The maximum absolute atomic E-state index is 15.1. The van der Waals surface area contributed by atoms with Crippen molar-refractivity contribution in [1.82, 2.24) is 30.0 Å². The molecule has 0 saturated carbocycles. The normalized spacial score (nSPS) is 12.8. The Morgan fingerprint density at radius 2 is 1.84 bits per heavy atom. The highest BCUT2D eigenvalue weighted by Gasteiger charge is 2.28. The van der Waals surface area contributed by atoms with Gasteiger partial charge in [0.25, 0.3) is 0 Å². The van der Waals surface area contributed by atoms with E-state index in [4.69, 9.17) is 52.1 Å². The third kappa shape index (κ3) is 11.1. The van der Waals surface area contributed by atoms with Crippen LogP contribution in [0.4, 0.5) is 20.3 Å². The highest BCUT2D eigenvalue weighted by atomic mass is 35.5. The number of ether oxygens (including phenoxy) is 4. The highest BCUT2D eigenvalue weighted by molar-refractivity contribution is 6.33. The van der Waals surface area contributed by atoms with Crippen molar-refractivity contribution in [3.05, 3.63) is 95.6 Å². The summed E-state index contributed by atoms with van der Waals surface area (Å²) >= 11 is 6.43. The molecule has 304 valence electrons. The molecule has 17 heteroatoms. The molecule has 0 aliphatic carbocycles. The Kier molecular flexibility index (Phi) is 15.5. The Morgan fingerprint density at radius 3 is 2.56 bits per heavy atom. The molecule has 5 rings (SSSR count). The molecule has 14 nitrogen and oxygen atoms in total. The first-order valence-electron chi connectivity index (χ1n) is 18.6. The van der Waals surface area contributed by atoms with E-state index in [-0.39, 0.29) is 61.1 Å². The van der Waals surface area contributed by atoms with Crippen LogP contribution in [0.1, 0.15) is 45.1 Å². The third-order valence-electron chi connectivity index (χ3n) is 9.03. The molecule has 0 fully saturated rings. The Morgan fingerprint density at radius 1 is 1.07 bits per heavy atom. The van der Waals surface area contributed by atoms with Crippen molar-refractivity contribution in [3.63, 3.8) is 0 Å². The van der Waals surface area contributed by atoms with Crippen molar-refractivity contribution in [2.24, 2.45) is 11.5 Å². The van der Waals surface area contributed by atoms with Gasteiger partial charge in [-0.15, -0.1) is 0 Å². The first-order chi connectivity index (χ1) is 27.5. The van der Waals surface area contributed by atoms with E-state index >= 15 is 8.78 Å². The molecule has 6 N–H and O–H groups in total. The number of rotatable bonds is 22. The van der Waals surface area contributed by atoms with Crippen LogP contribution in [-0.2, 0) is 20.8 Å². The third-order valence-corrected chi connectivity index (χ3v) is 9.33. The first-order valence-corrected chi connectivity index (χ1v) is 19.0. The molecule has 0 aliphatic rings. The van der Waals surface area contributed by atoms with E-state index in [1.165, 1.54) is 24.2 Å². The zero-order chi connectivity index (χ0) is 40.9. The van der Waals surface area contributed by atoms with E-state index in [0.29, 0.717) is 52.4 Å². The van der Waals surface area contributed by atoms with Crippen LogP contribution in [0.2, 0.25) is 5.02 Å². The summed E-state index contributed by atoms with van der Waals surface area (Å²) in [4.78, 5) is 26.5. The molecular weight excluding hydrogens is 760 g/mol. The number of hydrogen-bond acceptors (Lipinski definition) is 13. The summed E-state index contributed by atoms with van der Waals surface area (Å²) in [5, 5.41) is 12.0. The zero-order valence-corrected chi connectivity index (χ0v) is 32.9. The van der Waals surface area contributed by atoms with E-state index in [0.717, 1.165) is 25.0 Å². The number of aromatic nitrogens is 5. The average molecular weight is 808 g/mol. The second kappa shape index (κ2) is 20.7. The number of pyridine rings is 1. The van der Waals surface area contributed by atoms with Crippen LogP contribution in [-0.4, -0.2) is 82.4 Å². The van der Waals surface area contributed by atoms with Gasteiger partial charge in [-0.2, -0.15) is 5.10 Å². The summed E-state index contributed by atoms with van der Waals surface area (Å²) in [6, 6.07) is 10.0. The second-order valence-corrected chi connectivity index (χ2v) is 13.5. The summed E-state index contributed by atoms with van der Waals surface area (Å²) in [6.45, 7) is 8.31. The van der Waals surface area contributed by atoms with Gasteiger partial charge in [-0.25, -0.2) is 23.5 Å². The molecule has 0 radical (unpaired) electrons. The van der Waals surface area contributed by atoms with Crippen LogP contribution >= 0.6 is 11.6 Å². The molecule has 1 unspecified atom stereocenters. The predicted molar refractivity (Wildman–Crippen MR) is 214 cm³/mol. The van der Waals surface area contributed by atoms with E-state index < -0.39 is 29.7 Å². The quantitative estimate of drug-likeness (QED) is 0.0452. The molecule has 3 atom stereocenters. The number of nitrogens with zero attached hydrogens (tertiary/aromatic N) is 5. The zero-order valence-electron chi connectivity index (χ0n) is 32.1. The summed E-state index contributed by atoms with van der Waals surface area (Å²) in [5.41, 5.74) is 13.7. The Labute approximate surface area is 334 Å². The number of halogens is 3. The number of esters is 1. The minimum atomic E-state index is -0.829. The lowest BCUT2D eigenvalue weighted by atomic mass is 10.1. The van der Waals surface area contributed by atoms with Gasteiger partial charge in [0.15, 0.2) is 23.4 Å². The minimum absolute atomic E-state index is 0.0410. The van der Waals surface area contributed by atoms with Gasteiger partial charge in [0.2, 0.25) is 0 Å². The van der Waals surface area contributed by atoms with Gasteiger partial charge in [0.1, 0.15) is 23.1 Å². The largest absolute Gasteiger partial charge is 0.494 e. The number of nitrogens with two attached hydrogens (primary N) is 2. The molecule has 0 spiro atoms. The molecule has 2 aromatic carbocycles. The monoisotopic (exact) mass is 807 g/mol. The molecule has 3 aromatic heterocycles. The Hall–Kier alpha value is -5.42. The van der Waals surface area contributed by atoms with Crippen molar-refractivity contribution in [2.45, 2.75) is 64.3 Å². The van der Waals surface area contributed by atoms with Crippen LogP contribution in [0.25, 0.3) is 22.4 Å². The van der Waals surface area contributed by atoms with Crippen molar-refractivity contribution in [2.75, 3.05) is 38.8 Å². The minimum Gasteiger partial charge on any atom is -0.494 e. The predicted octanol–water partition coefficient (Wildman–Crippen LogP) is 6.29. The lowest BCUT2D eigenvalue weighted by molar-refractivity contribution is -0.149. The number of carbonyl (C=O) groups is 1. The van der Waals surface area contributed by atoms with Crippen LogP contribution in [0.5, 0.6) is 11.5 Å². The standard InChI is InChI=1S/C40H48ClF2N9O5/c1-5-55-26-19-30(42)28(31(43)20-26)23-52-34-13-7-6-11-27(34)37(51-52)39-47-22-35(38(50-39)49-33-14-16-46-21-29(33)41)56-17-10-18-57-40(53)36(25(3)54-4)48-24(2)32(45)12-8-9-15-44/h6-7,11,13-14,16,19-22,25,32,36,48H,2,5,8-10,12,15,17-18,23,44-45H2,1,3-4H3,(H,46,47,49,50)/t25?,32-,36-/m0/s1. The van der Waals surface area contributed by atoms with E-state index in [1.807, 2.05) is 12.1 Å². The van der Waals surface area contributed by atoms with Gasteiger partial charge in [-0.3, -0.25) is 9.67 Å². The number of para-hydroxylation sites is 1. The van der Waals surface area contributed by atoms with Gasteiger partial charge >= 0.3 is 5.97 Å². The maximum atomic E-state index is 15.1. The van der Waals surface area contributed by atoms with Gasteiger partial charge in [0, 0.05) is 60.7 Å². The second-order valence-electron chi connectivity index (χ2n) is 13.1. The number of nitrogens with one attached hydrogen (secondary N) is 2. The molecule has 0 bridgehead atoms. The van der Waals surface area contributed by atoms with Crippen LogP contribution in [0.3, 0.4) is 0 Å². The molecule has 0 saturated heterocycles. The van der Waals surface area contributed by atoms with Gasteiger partial charge < -0.3 is 41.0 Å². The topological polar surface area (TPSA) is 187 Å². The van der Waals surface area contributed by atoms with Crippen LogP contribution < -0.4 is 31.6 Å². The average Bonchev–Trinajstić information content (AvgIpc) is 3.57. The number of unbranched alkanes of at least 4 members (excludes halogenated alkanes) is 1. The van der Waals surface area contributed by atoms with Crippen molar-refractivity contribution in [3.8, 4) is 23.0 Å². The molecule has 3 heterocycles. The van der Waals surface area contributed by atoms with Crippen molar-refractivity contribution >= 4 is 40.0 Å². The number of anilines is 2. The Balaban J connectivity index is 1.32. The van der Waals surface area contributed by atoms with E-state index in [2.05, 4.69) is 27.2 Å². The molecule has 0 aliphatic heterocycles. The fourth-order valence-corrected chi connectivity index (χ4v) is 5.99. The summed E-state index contributed by atoms with van der Waals surface area (Å²) in [6.07, 6.45) is 6.68. The highest BCUT2D eigenvalue weighted by Crippen LogP contribution is 2.33. The number of fused-ring (bicyclic) bond motifs is 1. The van der Waals surface area contributed by atoms with Crippen molar-refractivity contribution in [1.29, 1.82) is 0 Å². The molecule has 5 aromatic rings. The first kappa shape index (κ1) is 42.7. The molecular formula is C40H48ClF2N9O5. The summed E-state index contributed by atoms with van der Waals surface area (Å²) in [7, 11) is 1.50. The van der Waals surface area contributed by atoms with Crippen LogP contribution in [0.15, 0.2) is 73.3 Å². The van der Waals surface area contributed by atoms with E-state index in [1.54, 1.807) is 38.2 Å². The number of carbonyl (C=O) groups excluding carboxylic acids is 1. The number of methoxy groups -OCH3 is 1. The van der Waals surface area contributed by atoms with Crippen LogP contribution in [0, 0.1) is 11.6 Å². The van der Waals surface area contributed by atoms with Gasteiger partial charge in [0.05, 0.1) is 54.9 Å². The SMILES string of the molecule is C=C(N[C@H](C(=O)OCCCOc1cnc(-c2nn(Cc3c(F)cc(OCC)cc3F)c3ccccc23)nc1Nc1ccncc1Cl)C(C)OC)[C@@H](N)CCCCN.